The van der Waals surface area contributed by atoms with Gasteiger partial charge in [0.1, 0.15) is 29.0 Å². The van der Waals surface area contributed by atoms with Crippen LogP contribution in [0, 0.1) is 34.8 Å². The van der Waals surface area contributed by atoms with Crippen LogP contribution >= 0.6 is 0 Å². The Morgan fingerprint density at radius 3 is 2.36 bits per heavy atom. The molecule has 0 bridgehead atoms. The lowest BCUT2D eigenvalue weighted by atomic mass is 9.80. The number of hydrogen-bond donors (Lipinski definition) is 0. The molecular formula is C17H19F2NO2. The average Bonchev–Trinajstić information content (AvgIpc) is 2.48. The Morgan fingerprint density at radius 2 is 1.86 bits per heavy atom. The molecule has 1 aromatic rings. The fourth-order valence-electron chi connectivity index (χ4n) is 3.01. The van der Waals surface area contributed by atoms with Crippen molar-refractivity contribution in [3.8, 4) is 11.8 Å². The monoisotopic (exact) mass is 307 g/mol. The summed E-state index contributed by atoms with van der Waals surface area (Å²) in [6.07, 6.45) is 5.81. The van der Waals surface area contributed by atoms with E-state index in [9.17, 15) is 13.6 Å². The molecule has 1 saturated carbocycles. The van der Waals surface area contributed by atoms with Crippen LogP contribution in [0.5, 0.6) is 5.75 Å². The number of benzene rings is 1. The Labute approximate surface area is 128 Å². The molecule has 0 heterocycles. The van der Waals surface area contributed by atoms with Crippen molar-refractivity contribution in [2.45, 2.75) is 45.4 Å². The van der Waals surface area contributed by atoms with Crippen LogP contribution in [0.1, 0.15) is 51.0 Å². The predicted molar refractivity (Wildman–Crippen MR) is 77.1 cm³/mol. The van der Waals surface area contributed by atoms with Crippen LogP contribution in [0.2, 0.25) is 0 Å². The highest BCUT2D eigenvalue weighted by atomic mass is 19.1. The first-order valence-corrected chi connectivity index (χ1v) is 7.66. The fourth-order valence-corrected chi connectivity index (χ4v) is 3.01. The molecule has 1 fully saturated rings. The van der Waals surface area contributed by atoms with Crippen LogP contribution in [-0.4, -0.2) is 5.97 Å². The second kappa shape index (κ2) is 7.35. The van der Waals surface area contributed by atoms with Crippen molar-refractivity contribution in [3.63, 3.8) is 0 Å². The summed E-state index contributed by atoms with van der Waals surface area (Å²) in [5.41, 5.74) is -0.667. The highest BCUT2D eigenvalue weighted by Gasteiger charge is 2.27. The van der Waals surface area contributed by atoms with Gasteiger partial charge in [-0.3, -0.25) is 4.79 Å². The molecular weight excluding hydrogens is 288 g/mol. The Kier molecular flexibility index (Phi) is 5.48. The largest absolute Gasteiger partial charge is 0.426 e. The standard InChI is InChI=1S/C17H19F2NO2/c1-2-3-11-4-6-12(7-5-11)17(21)22-13-8-15(18)14(10-20)16(19)9-13/h8-9,11-12H,2-7H2,1H3/t11-,12-. The second-order valence-electron chi connectivity index (χ2n) is 5.80. The van der Waals surface area contributed by atoms with Gasteiger partial charge in [0.05, 0.1) is 5.92 Å². The highest BCUT2D eigenvalue weighted by Crippen LogP contribution is 2.32. The van der Waals surface area contributed by atoms with Crippen molar-refractivity contribution >= 4 is 5.97 Å². The van der Waals surface area contributed by atoms with E-state index in [1.54, 1.807) is 0 Å². The van der Waals surface area contributed by atoms with Gasteiger partial charge in [-0.05, 0) is 31.6 Å². The molecule has 3 nitrogen and oxygen atoms in total. The van der Waals surface area contributed by atoms with E-state index in [0.29, 0.717) is 5.92 Å². The minimum Gasteiger partial charge on any atom is -0.426 e. The summed E-state index contributed by atoms with van der Waals surface area (Å²) in [7, 11) is 0. The first kappa shape index (κ1) is 16.4. The summed E-state index contributed by atoms with van der Waals surface area (Å²) < 4.78 is 32.1. The number of esters is 1. The highest BCUT2D eigenvalue weighted by molar-refractivity contribution is 5.75. The third-order valence-corrected chi connectivity index (χ3v) is 4.22. The Balaban J connectivity index is 1.97. The van der Waals surface area contributed by atoms with E-state index in [2.05, 4.69) is 6.92 Å². The summed E-state index contributed by atoms with van der Waals surface area (Å²) in [4.78, 5) is 12.1. The maximum absolute atomic E-state index is 13.5. The van der Waals surface area contributed by atoms with E-state index in [4.69, 9.17) is 10.00 Å². The van der Waals surface area contributed by atoms with Crippen molar-refractivity contribution in [2.24, 2.45) is 11.8 Å². The SMILES string of the molecule is CCC[C@H]1CC[C@H](C(=O)Oc2cc(F)c(C#N)c(F)c2)CC1. The summed E-state index contributed by atoms with van der Waals surface area (Å²) in [5.74, 6) is -2.21. The predicted octanol–water partition coefficient (Wildman–Crippen LogP) is 4.35. The Morgan fingerprint density at radius 1 is 1.27 bits per heavy atom. The second-order valence-corrected chi connectivity index (χ2v) is 5.80. The molecule has 0 aliphatic heterocycles. The summed E-state index contributed by atoms with van der Waals surface area (Å²) in [6, 6.07) is 3.19. The number of carbonyl (C=O) groups is 1. The van der Waals surface area contributed by atoms with Gasteiger partial charge in [0.15, 0.2) is 0 Å². The number of nitriles is 1. The molecule has 1 aromatic carbocycles. The summed E-state index contributed by atoms with van der Waals surface area (Å²) in [5, 5.41) is 8.61. The zero-order valence-electron chi connectivity index (χ0n) is 12.6. The molecule has 1 aliphatic carbocycles. The number of rotatable bonds is 4. The third-order valence-electron chi connectivity index (χ3n) is 4.22. The van der Waals surface area contributed by atoms with E-state index in [1.807, 2.05) is 0 Å². The molecule has 118 valence electrons. The molecule has 0 aromatic heterocycles. The van der Waals surface area contributed by atoms with Gasteiger partial charge in [0.25, 0.3) is 0 Å². The molecule has 0 spiro atoms. The summed E-state index contributed by atoms with van der Waals surface area (Å²) in [6.45, 7) is 2.15. The Bertz CT molecular complexity index is 564. The molecule has 2 rings (SSSR count). The lowest BCUT2D eigenvalue weighted by Gasteiger charge is -2.26. The molecule has 0 atom stereocenters. The first-order chi connectivity index (χ1) is 10.5. The van der Waals surface area contributed by atoms with Gasteiger partial charge in [-0.1, -0.05) is 19.8 Å². The lowest BCUT2D eigenvalue weighted by molar-refractivity contribution is -0.140. The van der Waals surface area contributed by atoms with Gasteiger partial charge in [-0.2, -0.15) is 5.26 Å². The van der Waals surface area contributed by atoms with E-state index in [0.717, 1.165) is 44.2 Å². The number of hydrogen-bond acceptors (Lipinski definition) is 3. The third kappa shape index (κ3) is 3.82. The molecule has 0 unspecified atom stereocenters. The van der Waals surface area contributed by atoms with Crippen LogP contribution in [0.4, 0.5) is 8.78 Å². The quantitative estimate of drug-likeness (QED) is 0.614. The van der Waals surface area contributed by atoms with Gasteiger partial charge in [-0.25, -0.2) is 8.78 Å². The first-order valence-electron chi connectivity index (χ1n) is 7.66. The number of carbonyl (C=O) groups excluding carboxylic acids is 1. The van der Waals surface area contributed by atoms with E-state index in [1.165, 1.54) is 12.5 Å². The smallest absolute Gasteiger partial charge is 0.314 e. The summed E-state index contributed by atoms with van der Waals surface area (Å²) >= 11 is 0. The molecule has 0 N–H and O–H groups in total. The van der Waals surface area contributed by atoms with Crippen molar-refractivity contribution < 1.29 is 18.3 Å². The Hall–Kier alpha value is -1.96. The lowest BCUT2D eigenvalue weighted by Crippen LogP contribution is -2.25. The van der Waals surface area contributed by atoms with Crippen molar-refractivity contribution in [3.05, 3.63) is 29.3 Å². The molecule has 1 aliphatic rings. The zero-order valence-corrected chi connectivity index (χ0v) is 12.6. The van der Waals surface area contributed by atoms with Crippen molar-refractivity contribution in [1.29, 1.82) is 5.26 Å². The zero-order chi connectivity index (χ0) is 16.1. The van der Waals surface area contributed by atoms with E-state index in [-0.39, 0.29) is 11.7 Å². The van der Waals surface area contributed by atoms with Crippen LogP contribution in [0.25, 0.3) is 0 Å². The molecule has 0 amide bonds. The van der Waals surface area contributed by atoms with Crippen LogP contribution in [-0.2, 0) is 4.79 Å². The molecule has 0 radical (unpaired) electrons. The minimum absolute atomic E-state index is 0.185. The fraction of sp³-hybridized carbons (Fsp3) is 0.529. The van der Waals surface area contributed by atoms with Crippen molar-refractivity contribution in [1.82, 2.24) is 0 Å². The maximum Gasteiger partial charge on any atom is 0.314 e. The van der Waals surface area contributed by atoms with Crippen LogP contribution in [0.3, 0.4) is 0 Å². The number of ether oxygens (including phenoxy) is 1. The topological polar surface area (TPSA) is 50.1 Å². The normalized spacial score (nSPS) is 21.2. The number of halogens is 2. The van der Waals surface area contributed by atoms with Gasteiger partial charge in [0.2, 0.25) is 0 Å². The van der Waals surface area contributed by atoms with Gasteiger partial charge in [0, 0.05) is 12.1 Å². The van der Waals surface area contributed by atoms with Crippen LogP contribution in [0.15, 0.2) is 12.1 Å². The van der Waals surface area contributed by atoms with Crippen molar-refractivity contribution in [2.75, 3.05) is 0 Å². The van der Waals surface area contributed by atoms with E-state index < -0.39 is 23.2 Å². The van der Waals surface area contributed by atoms with Gasteiger partial charge in [-0.15, -0.1) is 0 Å². The van der Waals surface area contributed by atoms with E-state index >= 15 is 0 Å². The maximum atomic E-state index is 13.5. The number of nitrogens with zero attached hydrogens (tertiary/aromatic N) is 1. The molecule has 0 saturated heterocycles. The molecule has 22 heavy (non-hydrogen) atoms. The minimum atomic E-state index is -1.02. The molecule has 5 heteroatoms. The van der Waals surface area contributed by atoms with Gasteiger partial charge >= 0.3 is 5.97 Å². The average molecular weight is 307 g/mol. The van der Waals surface area contributed by atoms with Gasteiger partial charge < -0.3 is 4.74 Å². The van der Waals surface area contributed by atoms with Crippen LogP contribution < -0.4 is 4.74 Å².